The summed E-state index contributed by atoms with van der Waals surface area (Å²) in [5, 5.41) is 0.558. The van der Waals surface area contributed by atoms with E-state index >= 15 is 0 Å². The molecular formula is C23H17F4N3OS. The maximum atomic E-state index is 13.5. The first kappa shape index (κ1) is 20.8. The van der Waals surface area contributed by atoms with E-state index in [2.05, 4.69) is 9.88 Å². The molecule has 0 radical (unpaired) electrons. The maximum absolute atomic E-state index is 13.5. The van der Waals surface area contributed by atoms with E-state index in [1.165, 1.54) is 34.4 Å². The Morgan fingerprint density at radius 3 is 2.22 bits per heavy atom. The van der Waals surface area contributed by atoms with Crippen LogP contribution in [0.5, 0.6) is 0 Å². The van der Waals surface area contributed by atoms with Gasteiger partial charge in [-0.25, -0.2) is 22.5 Å². The van der Waals surface area contributed by atoms with Gasteiger partial charge in [0.2, 0.25) is 0 Å². The number of rotatable bonds is 4. The Kier molecular flexibility index (Phi) is 5.30. The topological polar surface area (TPSA) is 38.1 Å². The third-order valence-corrected chi connectivity index (χ3v) is 6.76. The second-order valence-electron chi connectivity index (χ2n) is 7.82. The van der Waals surface area contributed by atoms with Gasteiger partial charge >= 0.3 is 0 Å². The first-order chi connectivity index (χ1) is 15.4. The SMILES string of the molecule is O=c1c2c3c(sc2ncn1Cc1ccc(F)c(F)c1)CN(Cc1ccc(F)c(F)c1)CC3. The van der Waals surface area contributed by atoms with E-state index in [1.54, 1.807) is 6.07 Å². The number of halogens is 4. The van der Waals surface area contributed by atoms with Crippen molar-refractivity contribution in [2.75, 3.05) is 6.54 Å². The lowest BCUT2D eigenvalue weighted by Gasteiger charge is -2.26. The van der Waals surface area contributed by atoms with Crippen molar-refractivity contribution in [3.8, 4) is 0 Å². The normalized spacial score (nSPS) is 14.1. The highest BCUT2D eigenvalue weighted by molar-refractivity contribution is 7.18. The van der Waals surface area contributed by atoms with Gasteiger partial charge in [-0.15, -0.1) is 11.3 Å². The highest BCUT2D eigenvalue weighted by Gasteiger charge is 2.24. The van der Waals surface area contributed by atoms with Crippen molar-refractivity contribution >= 4 is 21.6 Å². The molecule has 1 aliphatic rings. The van der Waals surface area contributed by atoms with Gasteiger partial charge in [0, 0.05) is 24.5 Å². The summed E-state index contributed by atoms with van der Waals surface area (Å²) in [7, 11) is 0. The van der Waals surface area contributed by atoms with Gasteiger partial charge in [-0.1, -0.05) is 12.1 Å². The third-order valence-electron chi connectivity index (χ3n) is 5.63. The zero-order chi connectivity index (χ0) is 22.4. The summed E-state index contributed by atoms with van der Waals surface area (Å²) >= 11 is 1.44. The summed E-state index contributed by atoms with van der Waals surface area (Å²) in [5.41, 5.74) is 1.88. The molecule has 0 atom stereocenters. The molecule has 0 saturated heterocycles. The summed E-state index contributed by atoms with van der Waals surface area (Å²) in [6.07, 6.45) is 2.05. The lowest BCUT2D eigenvalue weighted by atomic mass is 10.0. The minimum absolute atomic E-state index is 0.0891. The van der Waals surface area contributed by atoms with E-state index in [1.807, 2.05) is 0 Å². The molecule has 164 valence electrons. The average Bonchev–Trinajstić information content (AvgIpc) is 3.14. The summed E-state index contributed by atoms with van der Waals surface area (Å²) < 4.78 is 54.8. The predicted molar refractivity (Wildman–Crippen MR) is 114 cm³/mol. The van der Waals surface area contributed by atoms with Crippen molar-refractivity contribution in [2.45, 2.75) is 26.1 Å². The van der Waals surface area contributed by atoms with Gasteiger partial charge in [0.1, 0.15) is 4.83 Å². The Morgan fingerprint density at radius 1 is 0.906 bits per heavy atom. The Morgan fingerprint density at radius 2 is 1.56 bits per heavy atom. The minimum atomic E-state index is -0.960. The molecule has 1 aliphatic heterocycles. The molecular weight excluding hydrogens is 442 g/mol. The predicted octanol–water partition coefficient (Wildman–Crippen LogP) is 4.62. The molecule has 32 heavy (non-hydrogen) atoms. The molecule has 5 rings (SSSR count). The van der Waals surface area contributed by atoms with Crippen LogP contribution in [0.25, 0.3) is 10.2 Å². The molecule has 0 bridgehead atoms. The lowest BCUT2D eigenvalue weighted by molar-refractivity contribution is 0.249. The largest absolute Gasteiger partial charge is 0.294 e. The zero-order valence-electron chi connectivity index (χ0n) is 16.7. The van der Waals surface area contributed by atoms with Gasteiger partial charge in [0.15, 0.2) is 23.3 Å². The van der Waals surface area contributed by atoms with Crippen LogP contribution < -0.4 is 5.56 Å². The fourth-order valence-corrected chi connectivity index (χ4v) is 5.27. The van der Waals surface area contributed by atoms with Crippen molar-refractivity contribution in [2.24, 2.45) is 0 Å². The van der Waals surface area contributed by atoms with Crippen LogP contribution in [-0.2, 0) is 26.1 Å². The second kappa shape index (κ2) is 8.14. The van der Waals surface area contributed by atoms with Crippen LogP contribution in [0.1, 0.15) is 21.6 Å². The molecule has 9 heteroatoms. The molecule has 0 N–H and O–H groups in total. The summed E-state index contributed by atoms with van der Waals surface area (Å²) in [4.78, 5) is 21.3. The highest BCUT2D eigenvalue weighted by atomic mass is 32.1. The van der Waals surface area contributed by atoms with E-state index < -0.39 is 23.3 Å². The van der Waals surface area contributed by atoms with E-state index in [0.717, 1.165) is 28.6 Å². The van der Waals surface area contributed by atoms with Crippen LogP contribution in [0, 0.1) is 23.3 Å². The van der Waals surface area contributed by atoms with Gasteiger partial charge < -0.3 is 0 Å². The van der Waals surface area contributed by atoms with Crippen LogP contribution in [0.15, 0.2) is 47.5 Å². The smallest absolute Gasteiger partial charge is 0.262 e. The molecule has 0 fully saturated rings. The Bertz CT molecular complexity index is 1400. The number of hydrogen-bond donors (Lipinski definition) is 0. The molecule has 2 aromatic carbocycles. The van der Waals surface area contributed by atoms with Crippen LogP contribution in [0.4, 0.5) is 17.6 Å². The van der Waals surface area contributed by atoms with Crippen molar-refractivity contribution in [1.29, 1.82) is 0 Å². The van der Waals surface area contributed by atoms with E-state index in [-0.39, 0.29) is 12.1 Å². The van der Waals surface area contributed by atoms with Crippen LogP contribution in [-0.4, -0.2) is 21.0 Å². The standard InChI is InChI=1S/C23H17F4N3OS/c24-16-3-1-13(7-18(16)26)9-29-6-5-15-20(11-29)32-22-21(15)23(31)30(12-28-22)10-14-2-4-17(25)19(27)8-14/h1-4,7-8,12H,5-6,9-11H2. The molecule has 0 aliphatic carbocycles. The average molecular weight is 459 g/mol. The van der Waals surface area contributed by atoms with Crippen molar-refractivity contribution in [3.63, 3.8) is 0 Å². The zero-order valence-corrected chi connectivity index (χ0v) is 17.6. The first-order valence-corrected chi connectivity index (χ1v) is 10.8. The van der Waals surface area contributed by atoms with Gasteiger partial charge in [0.25, 0.3) is 5.56 Å². The third kappa shape index (κ3) is 3.82. The lowest BCUT2D eigenvalue weighted by Crippen LogP contribution is -2.30. The fourth-order valence-electron chi connectivity index (χ4n) is 4.05. The van der Waals surface area contributed by atoms with Crippen LogP contribution >= 0.6 is 11.3 Å². The molecule has 3 heterocycles. The second-order valence-corrected chi connectivity index (χ2v) is 8.90. The first-order valence-electron chi connectivity index (χ1n) is 9.99. The van der Waals surface area contributed by atoms with Gasteiger partial charge in [-0.3, -0.25) is 14.3 Å². The quantitative estimate of drug-likeness (QED) is 0.418. The van der Waals surface area contributed by atoms with E-state index in [4.69, 9.17) is 0 Å². The molecule has 4 nitrogen and oxygen atoms in total. The fraction of sp³-hybridized carbons (Fsp3) is 0.217. The monoisotopic (exact) mass is 459 g/mol. The molecule has 4 aromatic rings. The van der Waals surface area contributed by atoms with Gasteiger partial charge in [-0.05, 0) is 47.4 Å². The van der Waals surface area contributed by atoms with Crippen LogP contribution in [0.3, 0.4) is 0 Å². The van der Waals surface area contributed by atoms with Crippen molar-refractivity contribution in [1.82, 2.24) is 14.5 Å². The minimum Gasteiger partial charge on any atom is -0.294 e. The van der Waals surface area contributed by atoms with Crippen molar-refractivity contribution < 1.29 is 17.6 Å². The number of hydrogen-bond acceptors (Lipinski definition) is 4. The Hall–Kier alpha value is -3.04. The summed E-state index contributed by atoms with van der Waals surface area (Å²) in [6.45, 7) is 1.80. The molecule has 0 saturated carbocycles. The maximum Gasteiger partial charge on any atom is 0.262 e. The molecule has 2 aromatic heterocycles. The van der Waals surface area contributed by atoms with Crippen molar-refractivity contribution in [3.05, 3.63) is 97.9 Å². The Balaban J connectivity index is 1.41. The summed E-state index contributed by atoms with van der Waals surface area (Å²) in [5.74, 6) is -3.63. The Labute approximate surface area is 184 Å². The molecule has 0 amide bonds. The summed E-state index contributed by atoms with van der Waals surface area (Å²) in [6, 6.07) is 7.44. The number of fused-ring (bicyclic) bond motifs is 3. The number of aromatic nitrogens is 2. The molecule has 0 spiro atoms. The van der Waals surface area contributed by atoms with E-state index in [9.17, 15) is 22.4 Å². The van der Waals surface area contributed by atoms with E-state index in [0.29, 0.717) is 47.4 Å². The number of benzene rings is 2. The van der Waals surface area contributed by atoms with Gasteiger partial charge in [0.05, 0.1) is 18.3 Å². The van der Waals surface area contributed by atoms with Gasteiger partial charge in [-0.2, -0.15) is 0 Å². The highest BCUT2D eigenvalue weighted by Crippen LogP contribution is 2.33. The number of nitrogens with zero attached hydrogens (tertiary/aromatic N) is 3. The number of thiophene rings is 1. The molecule has 0 unspecified atom stereocenters. The van der Waals surface area contributed by atoms with Crippen LogP contribution in [0.2, 0.25) is 0 Å².